The molecule has 28 heteroatoms. The summed E-state index contributed by atoms with van der Waals surface area (Å²) >= 11 is -2.61. The van der Waals surface area contributed by atoms with Crippen LogP contribution in [0.25, 0.3) is 0 Å². The van der Waals surface area contributed by atoms with Crippen LogP contribution in [0, 0.1) is 0 Å². The fourth-order valence-corrected chi connectivity index (χ4v) is 0.632. The summed E-state index contributed by atoms with van der Waals surface area (Å²) in [4.78, 5) is 0. The van der Waals surface area contributed by atoms with Gasteiger partial charge in [0.2, 0.25) is 0 Å². The molecule has 168 valence electrons. The quantitative estimate of drug-likeness (QED) is 0.0403. The molecule has 28 heavy (non-hydrogen) atoms. The van der Waals surface area contributed by atoms with Gasteiger partial charge in [0.05, 0.1) is 0 Å². The van der Waals surface area contributed by atoms with Crippen molar-refractivity contribution in [1.82, 2.24) is 12.3 Å². The minimum absolute atomic E-state index is 0. The smallest absolute Gasteiger partial charge is 0.759 e. The Morgan fingerprint density at radius 3 is 0.750 bits per heavy atom. The predicted octanol–water partition coefficient (Wildman–Crippen LogP) is -9.44. The number of hydrogen-bond acceptors (Lipinski definition) is 15. The first-order chi connectivity index (χ1) is 9.94. The van der Waals surface area contributed by atoms with Gasteiger partial charge in [0.1, 0.15) is 0 Å². The largest absolute Gasteiger partial charge is 1.00 e. The summed E-state index contributed by atoms with van der Waals surface area (Å²) < 4.78 is 147. The summed E-state index contributed by atoms with van der Waals surface area (Å²) in [6.07, 6.45) is 0. The molecule has 0 aliphatic heterocycles. The molecule has 0 saturated heterocycles. The van der Waals surface area contributed by atoms with Crippen molar-refractivity contribution in [2.24, 2.45) is 0 Å². The molecule has 0 aliphatic carbocycles. The monoisotopic (exact) mass is 550 g/mol. The van der Waals surface area contributed by atoms with Crippen LogP contribution < -0.4 is 71.4 Å². The van der Waals surface area contributed by atoms with E-state index in [-0.39, 0.29) is 71.4 Å². The topological polar surface area (TPSA) is 410 Å². The molecular weight excluding hydrogens is 538 g/mol. The van der Waals surface area contributed by atoms with Crippen LogP contribution in [0.1, 0.15) is 0 Å². The molecule has 0 aromatic carbocycles. The van der Waals surface area contributed by atoms with Crippen molar-refractivity contribution < 1.29 is 142 Å². The van der Waals surface area contributed by atoms with E-state index >= 15 is 0 Å². The summed E-state index contributed by atoms with van der Waals surface area (Å²) in [5, 5.41) is 0. The van der Waals surface area contributed by atoms with E-state index in [0.717, 1.165) is 0 Å². The van der Waals surface area contributed by atoms with Crippen LogP contribution in [0.2, 0.25) is 0 Å². The van der Waals surface area contributed by atoms with Crippen molar-refractivity contribution in [3.05, 3.63) is 0 Å². The van der Waals surface area contributed by atoms with Crippen LogP contribution in [0.5, 0.6) is 0 Å². The van der Waals surface area contributed by atoms with Crippen molar-refractivity contribution >= 4 is 53.0 Å². The maximum atomic E-state index is 9.51. The van der Waals surface area contributed by atoms with Crippen molar-refractivity contribution in [2.45, 2.75) is 0 Å². The van der Waals surface area contributed by atoms with E-state index < -0.39 is 53.0 Å². The van der Waals surface area contributed by atoms with E-state index in [1.165, 1.54) is 0 Å². The molecule has 0 aromatic heterocycles. The molecule has 0 rings (SSSR count). The second kappa shape index (κ2) is 23.1. The fraction of sp³-hybridized carbons (Fsp3) is 0. The predicted molar refractivity (Wildman–Crippen MR) is 73.4 cm³/mol. The number of hydrogen-bond donors (Lipinski definition) is 8. The normalized spacial score (nSPS) is 10.2. The Bertz CT molecular complexity index is 676. The van der Waals surface area contributed by atoms with Gasteiger partial charge in [0.15, 0.2) is 0 Å². The Morgan fingerprint density at radius 1 is 0.643 bits per heavy atom. The Kier molecular flexibility index (Phi) is 42.8. The molecule has 0 radical (unpaired) electrons. The Morgan fingerprint density at radius 2 is 0.714 bits per heavy atom. The van der Waals surface area contributed by atoms with E-state index in [9.17, 15) is 16.8 Å². The van der Waals surface area contributed by atoms with Gasteiger partial charge >= 0.3 is 90.3 Å². The van der Waals surface area contributed by atoms with Gasteiger partial charge in [-0.3, -0.25) is 35.7 Å². The Labute approximate surface area is 205 Å². The number of rotatable bonds is 3. The Balaban J connectivity index is -0.0000000324. The second-order valence-corrected chi connectivity index (χ2v) is 6.24. The summed E-state index contributed by atoms with van der Waals surface area (Å²) in [5.41, 5.74) is 0. The zero-order chi connectivity index (χ0) is 21.0. The molecule has 0 bridgehead atoms. The average molecular weight is 550 g/mol. The van der Waals surface area contributed by atoms with Gasteiger partial charge in [0.25, 0.3) is 11.4 Å². The van der Waals surface area contributed by atoms with Gasteiger partial charge in [-0.05, 0) is 0 Å². The average Bonchev–Trinajstić information content (AvgIpc) is 2.05. The van der Waals surface area contributed by atoms with Crippen molar-refractivity contribution in [3.63, 3.8) is 0 Å². The van der Waals surface area contributed by atoms with Crippen LogP contribution in [0.3, 0.4) is 0 Å². The van der Waals surface area contributed by atoms with Gasteiger partial charge in [-0.15, -0.1) is 0 Å². The van der Waals surface area contributed by atoms with Crippen LogP contribution in [0.4, 0.5) is 0 Å². The van der Waals surface area contributed by atoms with Gasteiger partial charge < -0.3 is 21.4 Å². The van der Waals surface area contributed by atoms with Crippen LogP contribution in [0.15, 0.2) is 0 Å². The molecule has 0 unspecified atom stereocenters. The molecule has 0 fully saturated rings. The SMILES string of the molecule is N.N.O=S(=O)(O)O.O=S(=O)(O)OOS(=O)(=O)O.O=S(=O)([O-])[O-].O=S(O)O.[Na+].[Na+]. The van der Waals surface area contributed by atoms with Crippen LogP contribution in [-0.4, -0.2) is 74.3 Å². The minimum atomic E-state index is -5.17. The van der Waals surface area contributed by atoms with E-state index in [2.05, 4.69) is 8.67 Å². The zero-order valence-electron chi connectivity index (χ0n) is 13.4. The minimum Gasteiger partial charge on any atom is -0.759 e. The van der Waals surface area contributed by atoms with E-state index in [0.29, 0.717) is 0 Å². The first-order valence-corrected chi connectivity index (χ1v) is 9.95. The first-order valence-electron chi connectivity index (χ1n) is 3.43. The van der Waals surface area contributed by atoms with Gasteiger partial charge in [-0.1, -0.05) is 8.67 Å². The van der Waals surface area contributed by atoms with Crippen molar-refractivity contribution in [2.75, 3.05) is 0 Å². The summed E-state index contributed by atoms with van der Waals surface area (Å²) in [7, 11) is -19.9. The van der Waals surface area contributed by atoms with Gasteiger partial charge in [-0.2, -0.15) is 29.5 Å². The molecular formula is H12N2Na2O19S5. The van der Waals surface area contributed by atoms with E-state index in [1.54, 1.807) is 0 Å². The molecule has 0 aromatic rings. The molecule has 0 heterocycles. The van der Waals surface area contributed by atoms with Gasteiger partial charge in [-0.25, -0.2) is 0 Å². The molecule has 0 atom stereocenters. The van der Waals surface area contributed by atoms with Crippen molar-refractivity contribution in [1.29, 1.82) is 0 Å². The summed E-state index contributed by atoms with van der Waals surface area (Å²) in [6.45, 7) is 0. The summed E-state index contributed by atoms with van der Waals surface area (Å²) in [5.74, 6) is 0. The maximum Gasteiger partial charge on any atom is 1.00 e. The third-order valence-electron chi connectivity index (χ3n) is 0.200. The van der Waals surface area contributed by atoms with Crippen LogP contribution in [-0.2, 0) is 61.6 Å². The summed E-state index contributed by atoms with van der Waals surface area (Å²) in [6, 6.07) is 0. The second-order valence-electron chi connectivity index (χ2n) is 2.08. The van der Waals surface area contributed by atoms with Crippen LogP contribution >= 0.6 is 0 Å². The fourth-order valence-electron chi connectivity index (χ4n) is 0.0702. The Hall–Kier alpha value is 1.47. The maximum absolute atomic E-state index is 9.51. The van der Waals surface area contributed by atoms with E-state index in [1.807, 2.05) is 0 Å². The third kappa shape index (κ3) is 268. The first kappa shape index (κ1) is 51.8. The standard InChI is InChI=1S/2H3N.2Na.H2O8S2.2H2O4S.H2O3S/c;;;;1-9(2,3)7-8-10(4,5)6;2*1-5(2,3)4;1-4(2)3/h2*1H3;;;(H,1,2,3)(H,4,5,6);2*(H2,1,2,3,4);(H2,1,2,3)/q;;2*+1;;;;/p-2. The molecule has 0 aliphatic rings. The van der Waals surface area contributed by atoms with E-state index in [4.69, 9.17) is 57.5 Å². The third-order valence-corrected chi connectivity index (χ3v) is 0.766. The van der Waals surface area contributed by atoms with Gasteiger partial charge in [0, 0.05) is 10.4 Å². The molecule has 0 amide bonds. The molecule has 0 saturated carbocycles. The molecule has 21 nitrogen and oxygen atoms in total. The molecule has 0 spiro atoms. The molecule has 12 N–H and O–H groups in total. The van der Waals surface area contributed by atoms with Crippen molar-refractivity contribution in [3.8, 4) is 0 Å². The zero-order valence-corrected chi connectivity index (χ0v) is 21.5.